The minimum atomic E-state index is -3.96. The van der Waals surface area contributed by atoms with Gasteiger partial charge in [0.25, 0.3) is 15.9 Å². The fourth-order valence-corrected chi connectivity index (χ4v) is 4.56. The molecule has 1 atom stereocenters. The van der Waals surface area contributed by atoms with Gasteiger partial charge in [-0.05, 0) is 61.7 Å². The molecule has 3 N–H and O–H groups in total. The van der Waals surface area contributed by atoms with Gasteiger partial charge in [0, 0.05) is 13.1 Å². The molecule has 9 heteroatoms. The number of aryl methyl sites for hydroxylation is 1. The molecule has 3 rings (SSSR count). The summed E-state index contributed by atoms with van der Waals surface area (Å²) in [7, 11) is -3.96. The molecule has 2 aromatic rings. The van der Waals surface area contributed by atoms with Crippen LogP contribution < -0.4 is 10.5 Å². The Bertz CT molecular complexity index is 969. The third kappa shape index (κ3) is 4.63. The van der Waals surface area contributed by atoms with Gasteiger partial charge in [-0.1, -0.05) is 12.1 Å². The topological polar surface area (TPSA) is 92.5 Å². The lowest BCUT2D eigenvalue weighted by Gasteiger charge is -2.19. The molecule has 1 amide bonds. The largest absolute Gasteiger partial charge is 0.338 e. The maximum absolute atomic E-state index is 13.3. The van der Waals surface area contributed by atoms with Gasteiger partial charge in [0.15, 0.2) is 0 Å². The van der Waals surface area contributed by atoms with E-state index in [1.807, 2.05) is 0 Å². The van der Waals surface area contributed by atoms with Crippen LogP contribution in [0.4, 0.5) is 10.1 Å². The molecule has 0 bridgehead atoms. The highest BCUT2D eigenvalue weighted by Crippen LogP contribution is 2.25. The number of nitrogens with one attached hydrogen (secondary N) is 1. The first-order chi connectivity index (χ1) is 12.8. The first kappa shape index (κ1) is 22.1. The summed E-state index contributed by atoms with van der Waals surface area (Å²) in [6.07, 6.45) is 0.838. The van der Waals surface area contributed by atoms with E-state index in [9.17, 15) is 17.6 Å². The van der Waals surface area contributed by atoms with E-state index < -0.39 is 15.8 Å². The molecular formula is C19H23ClFN3O3S. The van der Waals surface area contributed by atoms with E-state index in [1.54, 1.807) is 29.2 Å². The number of hydrogen-bond acceptors (Lipinski definition) is 4. The molecule has 0 radical (unpaired) electrons. The van der Waals surface area contributed by atoms with Gasteiger partial charge in [0.1, 0.15) is 5.82 Å². The molecular weight excluding hydrogens is 405 g/mol. The van der Waals surface area contributed by atoms with Crippen LogP contribution in [0.5, 0.6) is 0 Å². The maximum atomic E-state index is 13.3. The smallest absolute Gasteiger partial charge is 0.262 e. The van der Waals surface area contributed by atoms with Crippen LogP contribution in [0, 0.1) is 18.7 Å². The number of anilines is 1. The summed E-state index contributed by atoms with van der Waals surface area (Å²) in [6.45, 7) is 3.19. The van der Waals surface area contributed by atoms with Crippen LogP contribution in [0.3, 0.4) is 0 Å². The quantitative estimate of drug-likeness (QED) is 0.767. The number of benzene rings is 2. The molecule has 0 spiro atoms. The van der Waals surface area contributed by atoms with E-state index in [2.05, 4.69) is 4.72 Å². The number of sulfonamides is 1. The molecule has 0 saturated carbocycles. The first-order valence-corrected chi connectivity index (χ1v) is 10.2. The average molecular weight is 428 g/mol. The Morgan fingerprint density at radius 2 is 2.00 bits per heavy atom. The van der Waals surface area contributed by atoms with Crippen LogP contribution in [0.2, 0.25) is 0 Å². The van der Waals surface area contributed by atoms with Crippen molar-refractivity contribution in [2.45, 2.75) is 18.2 Å². The summed E-state index contributed by atoms with van der Waals surface area (Å²) in [5, 5.41) is 0. The Labute approximate surface area is 170 Å². The molecule has 152 valence electrons. The van der Waals surface area contributed by atoms with Crippen molar-refractivity contribution in [3.63, 3.8) is 0 Å². The number of hydrogen-bond donors (Lipinski definition) is 2. The lowest BCUT2D eigenvalue weighted by atomic mass is 10.1. The molecule has 1 unspecified atom stereocenters. The monoisotopic (exact) mass is 427 g/mol. The maximum Gasteiger partial charge on any atom is 0.262 e. The van der Waals surface area contributed by atoms with Gasteiger partial charge in [0.05, 0.1) is 16.1 Å². The zero-order chi connectivity index (χ0) is 19.6. The van der Waals surface area contributed by atoms with E-state index in [0.717, 1.165) is 18.6 Å². The molecule has 0 aromatic heterocycles. The van der Waals surface area contributed by atoms with Gasteiger partial charge in [-0.3, -0.25) is 9.52 Å². The van der Waals surface area contributed by atoms with Crippen LogP contribution in [-0.4, -0.2) is 38.9 Å². The number of halogens is 2. The number of amides is 1. The van der Waals surface area contributed by atoms with Crippen molar-refractivity contribution >= 4 is 34.0 Å². The summed E-state index contributed by atoms with van der Waals surface area (Å²) in [6, 6.07) is 9.93. The molecule has 1 saturated heterocycles. The summed E-state index contributed by atoms with van der Waals surface area (Å²) in [5.74, 6) is -0.481. The number of carbonyl (C=O) groups is 1. The van der Waals surface area contributed by atoms with Crippen molar-refractivity contribution < 1.29 is 17.6 Å². The van der Waals surface area contributed by atoms with Crippen molar-refractivity contribution in [1.29, 1.82) is 0 Å². The molecule has 1 aliphatic heterocycles. The summed E-state index contributed by atoms with van der Waals surface area (Å²) >= 11 is 0. The standard InChI is InChI=1S/C19H22FN3O3S.ClH/c1-13-10-15(20)6-7-18(13)27(25,26)22-17-5-3-2-4-16(17)19(24)23-9-8-14(11-21)12-23;/h2-7,10,14,22H,8-9,11-12,21H2,1H3;1H. The van der Waals surface area contributed by atoms with Gasteiger partial charge in [0.2, 0.25) is 0 Å². The summed E-state index contributed by atoms with van der Waals surface area (Å²) in [5.41, 5.74) is 6.44. The highest BCUT2D eigenvalue weighted by atomic mass is 35.5. The molecule has 1 aliphatic rings. The third-order valence-electron chi connectivity index (χ3n) is 4.73. The van der Waals surface area contributed by atoms with E-state index in [1.165, 1.54) is 13.0 Å². The van der Waals surface area contributed by atoms with E-state index >= 15 is 0 Å². The highest BCUT2D eigenvalue weighted by Gasteiger charge is 2.28. The van der Waals surface area contributed by atoms with E-state index in [0.29, 0.717) is 19.6 Å². The van der Waals surface area contributed by atoms with Gasteiger partial charge in [-0.25, -0.2) is 12.8 Å². The third-order valence-corrected chi connectivity index (χ3v) is 6.26. The second kappa shape index (κ2) is 8.89. The Balaban J connectivity index is 0.00000280. The Kier molecular flexibility index (Phi) is 7.03. The fraction of sp³-hybridized carbons (Fsp3) is 0.316. The SMILES string of the molecule is Cc1cc(F)ccc1S(=O)(=O)Nc1ccccc1C(=O)N1CCC(CN)C1.Cl. The number of rotatable bonds is 5. The first-order valence-electron chi connectivity index (χ1n) is 8.69. The van der Waals surface area contributed by atoms with Gasteiger partial charge in [-0.15, -0.1) is 12.4 Å². The molecule has 0 aliphatic carbocycles. The number of carbonyl (C=O) groups excluding carboxylic acids is 1. The molecule has 1 fully saturated rings. The fourth-order valence-electron chi connectivity index (χ4n) is 3.25. The van der Waals surface area contributed by atoms with Crippen LogP contribution >= 0.6 is 12.4 Å². The lowest BCUT2D eigenvalue weighted by Crippen LogP contribution is -2.30. The number of nitrogens with zero attached hydrogens (tertiary/aromatic N) is 1. The Hall–Kier alpha value is -2.16. The zero-order valence-corrected chi connectivity index (χ0v) is 17.0. The van der Waals surface area contributed by atoms with Crippen molar-refractivity contribution in [2.75, 3.05) is 24.4 Å². The van der Waals surface area contributed by atoms with Crippen molar-refractivity contribution in [1.82, 2.24) is 4.90 Å². The Morgan fingerprint density at radius 1 is 1.29 bits per heavy atom. The number of para-hydroxylation sites is 1. The van der Waals surface area contributed by atoms with Crippen LogP contribution in [-0.2, 0) is 10.0 Å². The normalized spacial score (nSPS) is 16.5. The second-order valence-electron chi connectivity index (χ2n) is 6.70. The highest BCUT2D eigenvalue weighted by molar-refractivity contribution is 7.92. The Morgan fingerprint density at radius 3 is 2.64 bits per heavy atom. The molecule has 1 heterocycles. The van der Waals surface area contributed by atoms with Crippen molar-refractivity contribution in [2.24, 2.45) is 11.7 Å². The van der Waals surface area contributed by atoms with Crippen molar-refractivity contribution in [3.05, 3.63) is 59.4 Å². The van der Waals surface area contributed by atoms with Crippen LogP contribution in [0.1, 0.15) is 22.3 Å². The zero-order valence-electron chi connectivity index (χ0n) is 15.4. The van der Waals surface area contributed by atoms with E-state index in [4.69, 9.17) is 5.73 Å². The van der Waals surface area contributed by atoms with Gasteiger partial charge in [-0.2, -0.15) is 0 Å². The predicted molar refractivity (Wildman–Crippen MR) is 109 cm³/mol. The van der Waals surface area contributed by atoms with Crippen molar-refractivity contribution in [3.8, 4) is 0 Å². The summed E-state index contributed by atoms with van der Waals surface area (Å²) < 4.78 is 41.3. The lowest BCUT2D eigenvalue weighted by molar-refractivity contribution is 0.0788. The molecule has 28 heavy (non-hydrogen) atoms. The minimum Gasteiger partial charge on any atom is -0.338 e. The van der Waals surface area contributed by atoms with Gasteiger partial charge < -0.3 is 10.6 Å². The van der Waals surface area contributed by atoms with Crippen LogP contribution in [0.15, 0.2) is 47.4 Å². The minimum absolute atomic E-state index is 0. The summed E-state index contributed by atoms with van der Waals surface area (Å²) in [4.78, 5) is 14.5. The molecule has 6 nitrogen and oxygen atoms in total. The number of likely N-dealkylation sites (tertiary alicyclic amines) is 1. The predicted octanol–water partition coefficient (Wildman–Crippen LogP) is 2.78. The average Bonchev–Trinajstić information content (AvgIpc) is 3.10. The molecule has 2 aromatic carbocycles. The van der Waals surface area contributed by atoms with Gasteiger partial charge >= 0.3 is 0 Å². The second-order valence-corrected chi connectivity index (χ2v) is 8.35. The number of nitrogens with two attached hydrogens (primary N) is 1. The van der Waals surface area contributed by atoms with Crippen LogP contribution in [0.25, 0.3) is 0 Å². The van der Waals surface area contributed by atoms with E-state index in [-0.39, 0.29) is 45.9 Å².